The zero-order valence-corrected chi connectivity index (χ0v) is 11.4. The van der Waals surface area contributed by atoms with Crippen LogP contribution in [0.5, 0.6) is 0 Å². The van der Waals surface area contributed by atoms with E-state index < -0.39 is 5.84 Å². The summed E-state index contributed by atoms with van der Waals surface area (Å²) < 4.78 is 0.572. The predicted octanol–water partition coefficient (Wildman–Crippen LogP) is 2.98. The highest BCUT2D eigenvalue weighted by molar-refractivity contribution is 9.10. The number of nitriles is 1. The lowest BCUT2D eigenvalue weighted by Gasteiger charge is -2.05. The first kappa shape index (κ1) is 13.8. The molecule has 88 valence electrons. The molecule has 0 fully saturated rings. The van der Waals surface area contributed by atoms with Gasteiger partial charge in [-0.3, -0.25) is 10.8 Å². The molecule has 0 bridgehead atoms. The number of anilines is 1. The molecule has 1 aromatic rings. The third-order valence-electron chi connectivity index (χ3n) is 1.64. The van der Waals surface area contributed by atoms with E-state index in [0.29, 0.717) is 20.2 Å². The van der Waals surface area contributed by atoms with Crippen LogP contribution in [0.25, 0.3) is 0 Å². The van der Waals surface area contributed by atoms with Gasteiger partial charge in [-0.25, -0.2) is 0 Å². The Bertz CT molecular complexity index is 512. The minimum atomic E-state index is -0.422. The van der Waals surface area contributed by atoms with E-state index in [1.807, 2.05) is 0 Å². The van der Waals surface area contributed by atoms with Gasteiger partial charge in [0, 0.05) is 0 Å². The average molecular weight is 335 g/mol. The minimum Gasteiger partial charge on any atom is -0.382 e. The van der Waals surface area contributed by atoms with Gasteiger partial charge in [-0.1, -0.05) is 23.2 Å². The highest BCUT2D eigenvalue weighted by Gasteiger charge is 2.06. The molecule has 0 aliphatic rings. The quantitative estimate of drug-likeness (QED) is 0.343. The Balaban J connectivity index is 2.98. The number of nitrogens with one attached hydrogen (secondary N) is 2. The molecule has 17 heavy (non-hydrogen) atoms. The van der Waals surface area contributed by atoms with Crippen LogP contribution >= 0.6 is 39.1 Å². The van der Waals surface area contributed by atoms with E-state index in [4.69, 9.17) is 39.6 Å². The standard InChI is InChI=1S/C9H6BrCl2N5/c10-8-5(11)1-4(2-6(8)12)16-17-7(3-13)9(14)15/h1-2,16H,(H3,14,15)/b17-7+. The van der Waals surface area contributed by atoms with E-state index in [2.05, 4.69) is 26.5 Å². The van der Waals surface area contributed by atoms with Crippen molar-refractivity contribution in [1.82, 2.24) is 0 Å². The highest BCUT2D eigenvalue weighted by Crippen LogP contribution is 2.33. The van der Waals surface area contributed by atoms with Crippen LogP contribution < -0.4 is 11.2 Å². The molecular weight excluding hydrogens is 329 g/mol. The molecule has 4 N–H and O–H groups in total. The monoisotopic (exact) mass is 333 g/mol. The summed E-state index contributed by atoms with van der Waals surface area (Å²) in [7, 11) is 0. The first-order valence-corrected chi connectivity index (χ1v) is 5.73. The van der Waals surface area contributed by atoms with E-state index in [1.165, 1.54) is 0 Å². The fourth-order valence-corrected chi connectivity index (χ4v) is 1.60. The zero-order chi connectivity index (χ0) is 13.0. The highest BCUT2D eigenvalue weighted by atomic mass is 79.9. The summed E-state index contributed by atoms with van der Waals surface area (Å²) >= 11 is 15.0. The van der Waals surface area contributed by atoms with Crippen molar-refractivity contribution in [3.63, 3.8) is 0 Å². The van der Waals surface area contributed by atoms with E-state index in [0.717, 1.165) is 0 Å². The number of nitrogens with two attached hydrogens (primary N) is 1. The molecule has 8 heteroatoms. The maximum atomic E-state index is 8.63. The SMILES string of the molecule is N#C/C(=N\Nc1cc(Cl)c(Br)c(Cl)c1)C(=N)N. The van der Waals surface area contributed by atoms with Crippen molar-refractivity contribution in [2.75, 3.05) is 5.43 Å². The Kier molecular flexibility index (Phi) is 4.75. The maximum absolute atomic E-state index is 8.63. The van der Waals surface area contributed by atoms with Crippen molar-refractivity contribution >= 4 is 56.4 Å². The van der Waals surface area contributed by atoms with Gasteiger partial charge in [0.2, 0.25) is 5.71 Å². The van der Waals surface area contributed by atoms with Crippen LogP contribution in [0.1, 0.15) is 0 Å². The van der Waals surface area contributed by atoms with E-state index >= 15 is 0 Å². The molecule has 1 aromatic carbocycles. The third-order valence-corrected chi connectivity index (χ3v) is 3.55. The zero-order valence-electron chi connectivity index (χ0n) is 8.26. The summed E-state index contributed by atoms with van der Waals surface area (Å²) in [6.45, 7) is 0. The summed E-state index contributed by atoms with van der Waals surface area (Å²) in [5.74, 6) is -0.422. The maximum Gasteiger partial charge on any atom is 0.201 e. The summed E-state index contributed by atoms with van der Waals surface area (Å²) in [5, 5.41) is 20.1. The smallest absolute Gasteiger partial charge is 0.201 e. The molecule has 0 amide bonds. The van der Waals surface area contributed by atoms with Gasteiger partial charge in [-0.2, -0.15) is 10.4 Å². The van der Waals surface area contributed by atoms with Gasteiger partial charge < -0.3 is 5.73 Å². The van der Waals surface area contributed by atoms with Crippen molar-refractivity contribution in [3.05, 3.63) is 26.7 Å². The van der Waals surface area contributed by atoms with Crippen LogP contribution in [0, 0.1) is 16.7 Å². The molecule has 1 rings (SSSR count). The lowest BCUT2D eigenvalue weighted by Crippen LogP contribution is -2.21. The second-order valence-electron chi connectivity index (χ2n) is 2.85. The molecule has 0 aliphatic heterocycles. The summed E-state index contributed by atoms with van der Waals surface area (Å²) in [4.78, 5) is 0. The second-order valence-corrected chi connectivity index (χ2v) is 4.46. The predicted molar refractivity (Wildman–Crippen MR) is 72.7 cm³/mol. The number of hydrogen-bond donors (Lipinski definition) is 3. The topological polar surface area (TPSA) is 98.0 Å². The lowest BCUT2D eigenvalue weighted by atomic mass is 10.3. The Morgan fingerprint density at radius 1 is 1.47 bits per heavy atom. The first-order chi connectivity index (χ1) is 7.95. The van der Waals surface area contributed by atoms with Crippen molar-refractivity contribution in [2.45, 2.75) is 0 Å². The number of amidine groups is 1. The minimum absolute atomic E-state index is 0.222. The van der Waals surface area contributed by atoms with Crippen LogP contribution in [-0.2, 0) is 0 Å². The molecule has 0 unspecified atom stereocenters. The number of hydrogen-bond acceptors (Lipinski definition) is 4. The fraction of sp³-hybridized carbons (Fsp3) is 0. The normalized spacial score (nSPS) is 10.8. The Morgan fingerprint density at radius 2 is 2.00 bits per heavy atom. The lowest BCUT2D eigenvalue weighted by molar-refractivity contribution is 1.33. The number of benzene rings is 1. The summed E-state index contributed by atoms with van der Waals surface area (Å²) in [6, 6.07) is 4.81. The van der Waals surface area contributed by atoms with Crippen LogP contribution in [0.4, 0.5) is 5.69 Å². The molecule has 0 atom stereocenters. The van der Waals surface area contributed by atoms with Crippen molar-refractivity contribution in [1.29, 1.82) is 10.7 Å². The van der Waals surface area contributed by atoms with Crippen LogP contribution in [-0.4, -0.2) is 11.5 Å². The number of halogens is 3. The van der Waals surface area contributed by atoms with E-state index in [-0.39, 0.29) is 5.71 Å². The molecule has 0 saturated heterocycles. The molecule has 0 spiro atoms. The van der Waals surface area contributed by atoms with Gasteiger partial charge in [0.15, 0.2) is 5.84 Å². The molecule has 0 saturated carbocycles. The number of rotatable bonds is 3. The van der Waals surface area contributed by atoms with E-state index in [1.54, 1.807) is 18.2 Å². The Labute approximate surface area is 116 Å². The van der Waals surface area contributed by atoms with Gasteiger partial charge >= 0.3 is 0 Å². The van der Waals surface area contributed by atoms with Gasteiger partial charge in [0.25, 0.3) is 0 Å². The van der Waals surface area contributed by atoms with Crippen molar-refractivity contribution in [3.8, 4) is 6.07 Å². The largest absolute Gasteiger partial charge is 0.382 e. The number of hydrazone groups is 1. The van der Waals surface area contributed by atoms with Crippen molar-refractivity contribution < 1.29 is 0 Å². The summed E-state index contributed by atoms with van der Waals surface area (Å²) in [5.41, 5.74) is 7.93. The van der Waals surface area contributed by atoms with Crippen molar-refractivity contribution in [2.24, 2.45) is 10.8 Å². The van der Waals surface area contributed by atoms with Gasteiger partial charge in [-0.15, -0.1) is 0 Å². The molecular formula is C9H6BrCl2N5. The Hall–Kier alpha value is -1.29. The molecule has 0 heterocycles. The number of nitrogens with zero attached hydrogens (tertiary/aromatic N) is 2. The van der Waals surface area contributed by atoms with Gasteiger partial charge in [-0.05, 0) is 28.1 Å². The third kappa shape index (κ3) is 3.60. The second kappa shape index (κ2) is 5.87. The van der Waals surface area contributed by atoms with Crippen LogP contribution in [0.3, 0.4) is 0 Å². The van der Waals surface area contributed by atoms with Crippen LogP contribution in [0.2, 0.25) is 10.0 Å². The Morgan fingerprint density at radius 3 is 2.41 bits per heavy atom. The van der Waals surface area contributed by atoms with Crippen LogP contribution in [0.15, 0.2) is 21.7 Å². The van der Waals surface area contributed by atoms with E-state index in [9.17, 15) is 0 Å². The molecule has 0 aliphatic carbocycles. The van der Waals surface area contributed by atoms with Gasteiger partial charge in [0.1, 0.15) is 6.07 Å². The molecule has 0 aromatic heterocycles. The molecule has 5 nitrogen and oxygen atoms in total. The average Bonchev–Trinajstić information content (AvgIpc) is 2.26. The summed E-state index contributed by atoms with van der Waals surface area (Å²) in [6.07, 6.45) is 0. The first-order valence-electron chi connectivity index (χ1n) is 4.18. The fourth-order valence-electron chi connectivity index (χ4n) is 0.886. The van der Waals surface area contributed by atoms with Gasteiger partial charge in [0.05, 0.1) is 20.2 Å². The molecule has 0 radical (unpaired) electrons.